The van der Waals surface area contributed by atoms with E-state index in [2.05, 4.69) is 53.8 Å². The summed E-state index contributed by atoms with van der Waals surface area (Å²) < 4.78 is 1.73. The van der Waals surface area contributed by atoms with Gasteiger partial charge in [0.1, 0.15) is 11.5 Å². The fraction of sp³-hybridized carbons (Fsp3) is 0.474. The lowest BCUT2D eigenvalue weighted by Gasteiger charge is -2.36. The molecule has 2 aliphatic heterocycles. The van der Waals surface area contributed by atoms with Gasteiger partial charge in [0, 0.05) is 35.9 Å². The number of hydrogen-bond acceptors (Lipinski definition) is 6. The van der Waals surface area contributed by atoms with Gasteiger partial charge in [0.2, 0.25) is 0 Å². The maximum atomic E-state index is 6.27. The lowest BCUT2D eigenvalue weighted by atomic mass is 9.95. The van der Waals surface area contributed by atoms with Crippen LogP contribution in [0.3, 0.4) is 0 Å². The first-order valence-electron chi connectivity index (χ1n) is 9.18. The number of nitrogens with one attached hydrogen (secondary N) is 2. The molecule has 0 spiro atoms. The first-order valence-corrected chi connectivity index (χ1v) is 9.18. The number of piperidine rings is 1. The van der Waals surface area contributed by atoms with Crippen molar-refractivity contribution >= 4 is 17.0 Å². The number of aromatic nitrogens is 3. The molecule has 2 unspecified atom stereocenters. The minimum absolute atomic E-state index is 0.197. The van der Waals surface area contributed by atoms with E-state index in [0.29, 0.717) is 11.7 Å². The minimum Gasteiger partial charge on any atom is -0.384 e. The van der Waals surface area contributed by atoms with E-state index in [0.717, 1.165) is 42.0 Å². The van der Waals surface area contributed by atoms with Crippen molar-refractivity contribution in [2.75, 3.05) is 32.9 Å². The maximum Gasteiger partial charge on any atom is 0.165 e. The van der Waals surface area contributed by atoms with Crippen LogP contribution in [0.15, 0.2) is 30.6 Å². The Hall–Kier alpha value is -2.38. The van der Waals surface area contributed by atoms with Gasteiger partial charge in [0.15, 0.2) is 5.65 Å². The Kier molecular flexibility index (Phi) is 4.20. The van der Waals surface area contributed by atoms with Crippen LogP contribution in [0.1, 0.15) is 36.9 Å². The third-order valence-electron chi connectivity index (χ3n) is 5.58. The Morgan fingerprint density at radius 2 is 2.23 bits per heavy atom. The lowest BCUT2D eigenvalue weighted by molar-refractivity contribution is 0.202. The summed E-state index contributed by atoms with van der Waals surface area (Å²) in [5, 5.41) is 11.4. The topological polar surface area (TPSA) is 83.5 Å². The van der Waals surface area contributed by atoms with Gasteiger partial charge in [-0.2, -0.15) is 9.61 Å². The Labute approximate surface area is 154 Å². The molecule has 1 saturated heterocycles. The van der Waals surface area contributed by atoms with Crippen molar-refractivity contribution in [2.45, 2.75) is 31.3 Å². The summed E-state index contributed by atoms with van der Waals surface area (Å²) in [6, 6.07) is 1.97. The molecule has 2 aromatic heterocycles. The van der Waals surface area contributed by atoms with Gasteiger partial charge in [-0.25, -0.2) is 4.98 Å². The van der Waals surface area contributed by atoms with Gasteiger partial charge < -0.3 is 16.4 Å². The fourth-order valence-electron chi connectivity index (χ4n) is 3.54. The summed E-state index contributed by atoms with van der Waals surface area (Å²) in [4.78, 5) is 7.07. The van der Waals surface area contributed by atoms with Crippen LogP contribution in [0.25, 0.3) is 11.2 Å². The van der Waals surface area contributed by atoms with Crippen molar-refractivity contribution in [2.24, 2.45) is 0 Å². The van der Waals surface area contributed by atoms with Crippen molar-refractivity contribution in [3.63, 3.8) is 0 Å². The number of anilines is 1. The number of dihydropyridines is 1. The third kappa shape index (κ3) is 2.87. The maximum absolute atomic E-state index is 6.27. The highest BCUT2D eigenvalue weighted by atomic mass is 15.3. The van der Waals surface area contributed by atoms with E-state index in [1.54, 1.807) is 4.52 Å². The van der Waals surface area contributed by atoms with E-state index in [4.69, 9.17) is 10.7 Å². The molecule has 2 atom stereocenters. The lowest BCUT2D eigenvalue weighted by Crippen LogP contribution is -2.50. The second-order valence-corrected chi connectivity index (χ2v) is 7.56. The molecule has 0 amide bonds. The summed E-state index contributed by atoms with van der Waals surface area (Å²) >= 11 is 0. The summed E-state index contributed by atoms with van der Waals surface area (Å²) in [6.07, 6.45) is 10.5. The number of hydrogen-bond donors (Lipinski definition) is 3. The van der Waals surface area contributed by atoms with Crippen LogP contribution in [-0.4, -0.2) is 52.3 Å². The smallest absolute Gasteiger partial charge is 0.165 e. The zero-order chi connectivity index (χ0) is 18.3. The monoisotopic (exact) mass is 353 g/mol. The van der Waals surface area contributed by atoms with Crippen LogP contribution in [0, 0.1) is 0 Å². The molecule has 0 aromatic carbocycles. The molecule has 0 bridgehead atoms. The van der Waals surface area contributed by atoms with Crippen molar-refractivity contribution in [3.8, 4) is 0 Å². The molecular formula is C19H27N7. The van der Waals surface area contributed by atoms with E-state index < -0.39 is 0 Å². The molecule has 2 aliphatic rings. The molecule has 138 valence electrons. The van der Waals surface area contributed by atoms with Gasteiger partial charge in [-0.15, -0.1) is 0 Å². The molecule has 4 heterocycles. The average molecular weight is 353 g/mol. The number of nitrogen functional groups attached to an aromatic ring is 1. The number of nitrogens with zero attached hydrogens (tertiary/aromatic N) is 4. The summed E-state index contributed by atoms with van der Waals surface area (Å²) in [7, 11) is 4.11. The second-order valence-electron chi connectivity index (χ2n) is 7.56. The normalized spacial score (nSPS) is 26.2. The molecule has 4 N–H and O–H groups in total. The van der Waals surface area contributed by atoms with Crippen LogP contribution in [0.4, 0.5) is 5.82 Å². The molecule has 2 aromatic rings. The zero-order valence-electron chi connectivity index (χ0n) is 15.7. The van der Waals surface area contributed by atoms with Crippen LogP contribution >= 0.6 is 0 Å². The SMILES string of the molecule is CN(C)C1(C)C=CC(c2cnn3c(N)cc(C4CCCNC4)nc23)=CN1. The van der Waals surface area contributed by atoms with Crippen LogP contribution in [0.2, 0.25) is 0 Å². The summed E-state index contributed by atoms with van der Waals surface area (Å²) in [5.74, 6) is 1.04. The van der Waals surface area contributed by atoms with E-state index >= 15 is 0 Å². The van der Waals surface area contributed by atoms with Gasteiger partial charge in [-0.1, -0.05) is 6.08 Å². The quantitative estimate of drug-likeness (QED) is 0.777. The van der Waals surface area contributed by atoms with Crippen molar-refractivity contribution in [1.82, 2.24) is 30.1 Å². The Morgan fingerprint density at radius 3 is 2.88 bits per heavy atom. The van der Waals surface area contributed by atoms with Gasteiger partial charge in [0.25, 0.3) is 0 Å². The highest BCUT2D eigenvalue weighted by Gasteiger charge is 2.26. The molecule has 4 rings (SSSR count). The third-order valence-corrected chi connectivity index (χ3v) is 5.58. The van der Waals surface area contributed by atoms with Gasteiger partial charge in [0.05, 0.1) is 11.9 Å². The van der Waals surface area contributed by atoms with Crippen molar-refractivity contribution < 1.29 is 0 Å². The first kappa shape index (κ1) is 17.1. The highest BCUT2D eigenvalue weighted by molar-refractivity contribution is 5.83. The second kappa shape index (κ2) is 6.41. The molecule has 0 saturated carbocycles. The molecular weight excluding hydrogens is 326 g/mol. The number of rotatable bonds is 3. The Balaban J connectivity index is 1.72. The summed E-state index contributed by atoms with van der Waals surface area (Å²) in [6.45, 7) is 4.18. The molecule has 26 heavy (non-hydrogen) atoms. The molecule has 7 heteroatoms. The van der Waals surface area contributed by atoms with Crippen molar-refractivity contribution in [3.05, 3.63) is 41.9 Å². The fourth-order valence-corrected chi connectivity index (χ4v) is 3.54. The van der Waals surface area contributed by atoms with Gasteiger partial charge in [-0.3, -0.25) is 4.90 Å². The minimum atomic E-state index is -0.197. The van der Waals surface area contributed by atoms with Crippen LogP contribution < -0.4 is 16.4 Å². The number of nitrogens with two attached hydrogens (primary N) is 1. The number of likely N-dealkylation sites (N-methyl/N-ethyl adjacent to an activating group) is 1. The van der Waals surface area contributed by atoms with Crippen LogP contribution in [-0.2, 0) is 0 Å². The van der Waals surface area contributed by atoms with E-state index in [1.165, 1.54) is 6.42 Å². The average Bonchev–Trinajstić information content (AvgIpc) is 3.07. The van der Waals surface area contributed by atoms with Gasteiger partial charge in [-0.05, 0) is 46.5 Å². The summed E-state index contributed by atoms with van der Waals surface area (Å²) in [5.41, 5.74) is 9.99. The predicted molar refractivity (Wildman–Crippen MR) is 105 cm³/mol. The van der Waals surface area contributed by atoms with E-state index in [9.17, 15) is 0 Å². The Bertz CT molecular complexity index is 873. The first-order chi connectivity index (χ1) is 12.5. The molecule has 1 fully saturated rings. The number of fused-ring (bicyclic) bond motifs is 1. The Morgan fingerprint density at radius 1 is 1.38 bits per heavy atom. The van der Waals surface area contributed by atoms with E-state index in [1.807, 2.05) is 18.5 Å². The zero-order valence-corrected chi connectivity index (χ0v) is 15.7. The molecule has 7 nitrogen and oxygen atoms in total. The standard InChI is InChI=1S/C19H27N7/c1-19(25(2)3)7-6-13(11-22-19)15-12-23-26-17(20)9-16(24-18(15)26)14-5-4-8-21-10-14/h6-7,9,11-12,14,21-22H,4-5,8,10,20H2,1-3H3. The van der Waals surface area contributed by atoms with Crippen LogP contribution in [0.5, 0.6) is 0 Å². The predicted octanol–water partition coefficient (Wildman–Crippen LogP) is 1.56. The largest absolute Gasteiger partial charge is 0.384 e. The van der Waals surface area contributed by atoms with Crippen molar-refractivity contribution in [1.29, 1.82) is 0 Å². The number of allylic oxidation sites excluding steroid dienone is 2. The highest BCUT2D eigenvalue weighted by Crippen LogP contribution is 2.29. The molecule has 0 aliphatic carbocycles. The molecule has 0 radical (unpaired) electrons. The van der Waals surface area contributed by atoms with Gasteiger partial charge >= 0.3 is 0 Å². The van der Waals surface area contributed by atoms with E-state index in [-0.39, 0.29) is 5.66 Å².